The van der Waals surface area contributed by atoms with Gasteiger partial charge in [-0.3, -0.25) is 0 Å². The lowest BCUT2D eigenvalue weighted by Gasteiger charge is -2.38. The summed E-state index contributed by atoms with van der Waals surface area (Å²) in [4.78, 5) is 11.6. The van der Waals surface area contributed by atoms with Crippen molar-refractivity contribution in [2.75, 3.05) is 31.6 Å². The van der Waals surface area contributed by atoms with Gasteiger partial charge in [0.2, 0.25) is 17.5 Å². The van der Waals surface area contributed by atoms with E-state index in [9.17, 15) is 0 Å². The van der Waals surface area contributed by atoms with Crippen LogP contribution in [-0.2, 0) is 5.54 Å². The van der Waals surface area contributed by atoms with E-state index in [1.165, 1.54) is 12.0 Å². The van der Waals surface area contributed by atoms with Crippen LogP contribution in [0.4, 0.5) is 5.95 Å². The summed E-state index contributed by atoms with van der Waals surface area (Å²) in [6.45, 7) is 2.35. The largest absolute Gasteiger partial charge is 0.480 e. The van der Waals surface area contributed by atoms with E-state index in [-0.39, 0.29) is 5.54 Å². The van der Waals surface area contributed by atoms with E-state index in [4.69, 9.17) is 30.6 Å². The van der Waals surface area contributed by atoms with E-state index in [0.29, 0.717) is 30.0 Å². The minimum Gasteiger partial charge on any atom is -0.480 e. The molecule has 0 atom stereocenters. The molecule has 2 aromatic heterocycles. The molecule has 7 heteroatoms. The molecule has 1 aliphatic carbocycles. The fraction of sp³-hybridized carbons (Fsp3) is 0.333. The van der Waals surface area contributed by atoms with Gasteiger partial charge in [-0.05, 0) is 36.9 Å². The average molecular weight is 456 g/mol. The Balaban J connectivity index is 1.50. The van der Waals surface area contributed by atoms with Crippen LogP contribution in [0, 0.1) is 5.92 Å². The molecule has 0 spiro atoms. The number of ether oxygens (including phenoxy) is 1. The number of rotatable bonds is 6. The highest BCUT2D eigenvalue weighted by Gasteiger charge is 2.34. The zero-order valence-electron chi connectivity index (χ0n) is 19.3. The molecular formula is C27H29N5O2. The van der Waals surface area contributed by atoms with Gasteiger partial charge in [0.25, 0.3) is 0 Å². The van der Waals surface area contributed by atoms with E-state index in [1.54, 1.807) is 7.11 Å². The van der Waals surface area contributed by atoms with Crippen molar-refractivity contribution >= 4 is 17.0 Å². The second kappa shape index (κ2) is 8.11. The van der Waals surface area contributed by atoms with Crippen molar-refractivity contribution < 1.29 is 9.15 Å². The van der Waals surface area contributed by atoms with Crippen molar-refractivity contribution in [2.45, 2.75) is 24.8 Å². The van der Waals surface area contributed by atoms with Gasteiger partial charge < -0.3 is 25.5 Å². The summed E-state index contributed by atoms with van der Waals surface area (Å²) in [7, 11) is 1.64. The molecule has 2 fully saturated rings. The quantitative estimate of drug-likeness (QED) is 0.447. The summed E-state index contributed by atoms with van der Waals surface area (Å²) in [5.41, 5.74) is 16.8. The highest BCUT2D eigenvalue weighted by molar-refractivity contribution is 6.03. The Bertz CT molecular complexity index is 1320. The molecule has 1 saturated heterocycles. The molecule has 0 amide bonds. The highest BCUT2D eigenvalue weighted by Crippen LogP contribution is 2.45. The summed E-state index contributed by atoms with van der Waals surface area (Å²) in [6.07, 6.45) is 3.25. The van der Waals surface area contributed by atoms with Crippen molar-refractivity contribution in [1.29, 1.82) is 0 Å². The Labute approximate surface area is 198 Å². The molecule has 4 aromatic rings. The molecule has 2 aliphatic rings. The number of methoxy groups -OCH3 is 1. The third-order valence-corrected chi connectivity index (χ3v) is 7.30. The molecular weight excluding hydrogens is 426 g/mol. The lowest BCUT2D eigenvalue weighted by Crippen LogP contribution is -2.50. The van der Waals surface area contributed by atoms with E-state index in [2.05, 4.69) is 41.3 Å². The van der Waals surface area contributed by atoms with Gasteiger partial charge in [0.1, 0.15) is 11.1 Å². The minimum absolute atomic E-state index is 0.198. The van der Waals surface area contributed by atoms with Crippen LogP contribution in [0.3, 0.4) is 0 Å². The highest BCUT2D eigenvalue weighted by atomic mass is 16.5. The van der Waals surface area contributed by atoms with Crippen LogP contribution >= 0.6 is 0 Å². The molecule has 0 bridgehead atoms. The fourth-order valence-electron chi connectivity index (χ4n) is 5.01. The van der Waals surface area contributed by atoms with Gasteiger partial charge in [-0.25, -0.2) is 0 Å². The number of hydrogen-bond acceptors (Lipinski definition) is 7. The third-order valence-electron chi connectivity index (χ3n) is 7.30. The van der Waals surface area contributed by atoms with Gasteiger partial charge in [0, 0.05) is 35.7 Å². The Kier molecular flexibility index (Phi) is 5.04. The predicted octanol–water partition coefficient (Wildman–Crippen LogP) is 4.30. The molecule has 0 radical (unpaired) electrons. The molecule has 7 nitrogen and oxygen atoms in total. The van der Waals surface area contributed by atoms with Crippen LogP contribution in [0.1, 0.15) is 24.8 Å². The molecule has 1 saturated carbocycles. The van der Waals surface area contributed by atoms with E-state index in [1.807, 2.05) is 18.2 Å². The van der Waals surface area contributed by atoms with Crippen molar-refractivity contribution in [3.8, 4) is 28.3 Å². The number of nitrogens with two attached hydrogens (primary N) is 2. The van der Waals surface area contributed by atoms with Crippen LogP contribution in [0.5, 0.6) is 5.88 Å². The molecule has 4 N–H and O–H groups in total. The molecule has 1 aliphatic heterocycles. The fourth-order valence-corrected chi connectivity index (χ4v) is 5.01. The minimum atomic E-state index is -0.198. The third kappa shape index (κ3) is 3.35. The Hall–Kier alpha value is -3.42. The van der Waals surface area contributed by atoms with Crippen molar-refractivity contribution in [3.05, 3.63) is 60.2 Å². The summed E-state index contributed by atoms with van der Waals surface area (Å²) < 4.78 is 12.2. The number of furan rings is 1. The maximum Gasteiger partial charge on any atom is 0.236 e. The maximum atomic E-state index is 6.55. The van der Waals surface area contributed by atoms with Crippen molar-refractivity contribution in [2.24, 2.45) is 17.4 Å². The number of benzene rings is 2. The van der Waals surface area contributed by atoms with Gasteiger partial charge in [-0.2, -0.15) is 9.97 Å². The lowest BCUT2D eigenvalue weighted by atomic mass is 9.72. The summed E-state index contributed by atoms with van der Waals surface area (Å²) in [6, 6.07) is 18.6. The molecule has 34 heavy (non-hydrogen) atoms. The summed E-state index contributed by atoms with van der Waals surface area (Å²) in [5, 5.41) is 0.779. The topological polar surface area (TPSA) is 103 Å². The Morgan fingerprint density at radius 2 is 1.76 bits per heavy atom. The smallest absolute Gasteiger partial charge is 0.236 e. The Morgan fingerprint density at radius 3 is 2.38 bits per heavy atom. The van der Waals surface area contributed by atoms with Crippen molar-refractivity contribution in [3.63, 3.8) is 0 Å². The number of nitrogens with zero attached hydrogens (tertiary/aromatic N) is 3. The first kappa shape index (κ1) is 21.1. The molecule has 2 aromatic carbocycles. The van der Waals surface area contributed by atoms with Crippen LogP contribution < -0.4 is 21.1 Å². The van der Waals surface area contributed by atoms with Gasteiger partial charge in [-0.1, -0.05) is 54.6 Å². The first-order valence-corrected chi connectivity index (χ1v) is 11.9. The second-order valence-corrected chi connectivity index (χ2v) is 9.48. The van der Waals surface area contributed by atoms with Gasteiger partial charge in [0.15, 0.2) is 0 Å². The molecule has 174 valence electrons. The number of fused-ring (bicyclic) bond motifs is 1. The van der Waals surface area contributed by atoms with Crippen LogP contribution in [0.25, 0.3) is 33.6 Å². The maximum absolute atomic E-state index is 6.55. The summed E-state index contributed by atoms with van der Waals surface area (Å²) in [5.74, 6) is 2.34. The van der Waals surface area contributed by atoms with Crippen LogP contribution in [0.2, 0.25) is 0 Å². The van der Waals surface area contributed by atoms with E-state index >= 15 is 0 Å². The first-order valence-electron chi connectivity index (χ1n) is 11.9. The average Bonchev–Trinajstić information content (AvgIpc) is 3.21. The summed E-state index contributed by atoms with van der Waals surface area (Å²) >= 11 is 0. The zero-order chi connectivity index (χ0) is 23.3. The second-order valence-electron chi connectivity index (χ2n) is 9.48. The monoisotopic (exact) mass is 455 g/mol. The van der Waals surface area contributed by atoms with Gasteiger partial charge in [0.05, 0.1) is 7.11 Å². The lowest BCUT2D eigenvalue weighted by molar-refractivity contribution is 0.253. The number of anilines is 1. The van der Waals surface area contributed by atoms with E-state index < -0.39 is 0 Å². The van der Waals surface area contributed by atoms with Crippen LogP contribution in [-0.4, -0.2) is 36.7 Å². The van der Waals surface area contributed by atoms with Crippen LogP contribution in [0.15, 0.2) is 59.0 Å². The predicted molar refractivity (Wildman–Crippen MR) is 134 cm³/mol. The first-order chi connectivity index (χ1) is 16.6. The van der Waals surface area contributed by atoms with Crippen molar-refractivity contribution in [1.82, 2.24) is 9.97 Å². The SMILES string of the molecule is COc1nc(N2CC(CN)C2)nc2oc(-c3ccc(C4(N)CCC4)cc3)c(-c3ccccc3)c12. The molecule has 0 unspecified atom stereocenters. The molecule has 3 heterocycles. The van der Waals surface area contributed by atoms with E-state index in [0.717, 1.165) is 53.8 Å². The van der Waals surface area contributed by atoms with Gasteiger partial charge in [-0.15, -0.1) is 0 Å². The zero-order valence-corrected chi connectivity index (χ0v) is 19.3. The van der Waals surface area contributed by atoms with Gasteiger partial charge >= 0.3 is 0 Å². The molecule has 6 rings (SSSR count). The number of aromatic nitrogens is 2. The standard InChI is InChI=1S/C27H29N5O2/c1-33-24-22-21(18-6-3-2-4-7-18)23(19-8-10-20(11-9-19)27(29)12-5-13-27)34-25(22)31-26(30-24)32-15-17(14-28)16-32/h2-4,6-11,17H,5,12-16,28-29H2,1H3. The number of hydrogen-bond donors (Lipinski definition) is 2. The Morgan fingerprint density at radius 1 is 1.03 bits per heavy atom. The normalized spacial score (nSPS) is 17.4.